The van der Waals surface area contributed by atoms with Crippen LogP contribution in [0.5, 0.6) is 0 Å². The van der Waals surface area contributed by atoms with Crippen molar-refractivity contribution < 1.29 is 23.9 Å². The first-order chi connectivity index (χ1) is 17.6. The second-order valence-electron chi connectivity index (χ2n) is 11.7. The molecule has 0 radical (unpaired) electrons. The van der Waals surface area contributed by atoms with E-state index in [1.807, 2.05) is 51.1 Å². The van der Waals surface area contributed by atoms with Gasteiger partial charge in [0.2, 0.25) is 5.91 Å². The van der Waals surface area contributed by atoms with Crippen molar-refractivity contribution in [3.05, 3.63) is 35.9 Å². The predicted octanol–water partition coefficient (Wildman–Crippen LogP) is 4.67. The smallest absolute Gasteiger partial charge is 0.326 e. The Balaban J connectivity index is 1.72. The van der Waals surface area contributed by atoms with Gasteiger partial charge in [-0.05, 0) is 77.7 Å². The summed E-state index contributed by atoms with van der Waals surface area (Å²) in [4.78, 5) is 41.2. The molecule has 2 fully saturated rings. The highest BCUT2D eigenvalue weighted by Gasteiger charge is 2.41. The van der Waals surface area contributed by atoms with Gasteiger partial charge in [-0.1, -0.05) is 56.0 Å². The molecule has 1 amide bonds. The third-order valence-electron chi connectivity index (χ3n) is 7.62. The molecule has 1 unspecified atom stereocenters. The van der Waals surface area contributed by atoms with Gasteiger partial charge in [-0.15, -0.1) is 0 Å². The number of ether oxygens (including phenoxy) is 2. The Hall–Kier alpha value is -2.41. The van der Waals surface area contributed by atoms with Crippen molar-refractivity contribution in [2.45, 2.75) is 110 Å². The van der Waals surface area contributed by atoms with Gasteiger partial charge in [0.15, 0.2) is 0 Å². The van der Waals surface area contributed by atoms with Crippen LogP contribution < -0.4 is 5.32 Å². The SMILES string of the molecule is CCOC(=O)[C@@H](CCc1ccccc1)N[C@@H](C)C(=O)N(CC(=O)OC(C)(C)C)C1C[C@H]2CCCC[C@H]2C1. The number of rotatable bonds is 11. The Morgan fingerprint density at radius 2 is 1.68 bits per heavy atom. The van der Waals surface area contributed by atoms with Crippen molar-refractivity contribution in [2.24, 2.45) is 11.8 Å². The average molecular weight is 515 g/mol. The van der Waals surface area contributed by atoms with Crippen molar-refractivity contribution in [3.63, 3.8) is 0 Å². The Labute approximate surface area is 222 Å². The number of amides is 1. The fraction of sp³-hybridized carbons (Fsp3) is 0.700. The fourth-order valence-electron chi connectivity index (χ4n) is 5.94. The van der Waals surface area contributed by atoms with Crippen LogP contribution in [-0.4, -0.2) is 59.6 Å². The summed E-state index contributed by atoms with van der Waals surface area (Å²) in [5.41, 5.74) is 0.504. The molecule has 0 aliphatic heterocycles. The van der Waals surface area contributed by atoms with E-state index in [9.17, 15) is 14.4 Å². The van der Waals surface area contributed by atoms with E-state index < -0.39 is 23.7 Å². The van der Waals surface area contributed by atoms with Gasteiger partial charge < -0.3 is 14.4 Å². The molecule has 1 aromatic carbocycles. The molecule has 7 nitrogen and oxygen atoms in total. The van der Waals surface area contributed by atoms with Crippen LogP contribution >= 0.6 is 0 Å². The molecule has 2 saturated carbocycles. The summed E-state index contributed by atoms with van der Waals surface area (Å²) in [6.07, 6.45) is 7.96. The fourth-order valence-corrected chi connectivity index (χ4v) is 5.94. The molecule has 0 bridgehead atoms. The second kappa shape index (κ2) is 13.4. The van der Waals surface area contributed by atoms with Crippen LogP contribution in [0.3, 0.4) is 0 Å². The third-order valence-corrected chi connectivity index (χ3v) is 7.62. The molecule has 0 saturated heterocycles. The van der Waals surface area contributed by atoms with E-state index in [2.05, 4.69) is 5.32 Å². The lowest BCUT2D eigenvalue weighted by molar-refractivity contribution is -0.160. The first-order valence-corrected chi connectivity index (χ1v) is 14.1. The number of hydrogen-bond donors (Lipinski definition) is 1. The Kier molecular flexibility index (Phi) is 10.6. The third kappa shape index (κ3) is 8.84. The van der Waals surface area contributed by atoms with Crippen molar-refractivity contribution in [1.82, 2.24) is 10.2 Å². The van der Waals surface area contributed by atoms with Crippen LogP contribution in [0.2, 0.25) is 0 Å². The minimum absolute atomic E-state index is 0.0164. The van der Waals surface area contributed by atoms with Gasteiger partial charge in [0, 0.05) is 6.04 Å². The molecular weight excluding hydrogens is 468 g/mol. The molecule has 1 N–H and O–H groups in total. The maximum atomic E-state index is 13.8. The molecule has 3 rings (SSSR count). The number of esters is 2. The molecule has 0 heterocycles. The van der Waals surface area contributed by atoms with Crippen LogP contribution in [0, 0.1) is 11.8 Å². The van der Waals surface area contributed by atoms with Crippen LogP contribution in [-0.2, 0) is 30.3 Å². The molecular formula is C30H46N2O5. The van der Waals surface area contributed by atoms with Crippen molar-refractivity contribution in [1.29, 1.82) is 0 Å². The van der Waals surface area contributed by atoms with Crippen LogP contribution in [0.1, 0.15) is 85.1 Å². The highest BCUT2D eigenvalue weighted by Crippen LogP contribution is 2.44. The lowest BCUT2D eigenvalue weighted by atomic mass is 9.82. The Morgan fingerprint density at radius 3 is 2.24 bits per heavy atom. The quantitative estimate of drug-likeness (QED) is 0.432. The second-order valence-corrected chi connectivity index (χ2v) is 11.7. The number of fused-ring (bicyclic) bond motifs is 1. The summed E-state index contributed by atoms with van der Waals surface area (Å²) in [6, 6.07) is 8.72. The summed E-state index contributed by atoms with van der Waals surface area (Å²) in [7, 11) is 0. The lowest BCUT2D eigenvalue weighted by Crippen LogP contribution is -2.54. The van der Waals surface area contributed by atoms with Gasteiger partial charge in [0.1, 0.15) is 18.2 Å². The standard InChI is InChI=1S/C30H46N2O5/c1-6-36-29(35)26(17-16-22-12-8-7-9-13-22)31-21(2)28(34)32(20-27(33)37-30(3,4)5)25-18-23-14-10-11-15-24(23)19-25/h7-9,12-13,21,23-26,31H,6,10-11,14-20H2,1-5H3/t21-,23-,24+,25?,26+/m0/s1. The molecule has 7 heteroatoms. The van der Waals surface area contributed by atoms with E-state index in [0.29, 0.717) is 24.7 Å². The molecule has 0 aromatic heterocycles. The Morgan fingerprint density at radius 1 is 1.05 bits per heavy atom. The van der Waals surface area contributed by atoms with Crippen molar-refractivity contribution in [2.75, 3.05) is 13.2 Å². The molecule has 5 atom stereocenters. The maximum absolute atomic E-state index is 13.8. The van der Waals surface area contributed by atoms with Crippen LogP contribution in [0.4, 0.5) is 0 Å². The van der Waals surface area contributed by atoms with Crippen molar-refractivity contribution >= 4 is 17.8 Å². The number of aryl methyl sites for hydroxylation is 1. The summed E-state index contributed by atoms with van der Waals surface area (Å²) >= 11 is 0. The summed E-state index contributed by atoms with van der Waals surface area (Å²) in [5.74, 6) is 0.323. The summed E-state index contributed by atoms with van der Waals surface area (Å²) in [5, 5.41) is 3.24. The zero-order chi connectivity index (χ0) is 27.0. The largest absolute Gasteiger partial charge is 0.465 e. The highest BCUT2D eigenvalue weighted by atomic mass is 16.6. The van der Waals surface area contributed by atoms with E-state index in [1.54, 1.807) is 18.7 Å². The van der Waals surface area contributed by atoms with Gasteiger partial charge in [0.25, 0.3) is 0 Å². The lowest BCUT2D eigenvalue weighted by Gasteiger charge is -2.33. The maximum Gasteiger partial charge on any atom is 0.326 e. The molecule has 1 aromatic rings. The predicted molar refractivity (Wildman–Crippen MR) is 144 cm³/mol. The van der Waals surface area contributed by atoms with E-state index in [1.165, 1.54) is 25.7 Å². The molecule has 0 spiro atoms. The van der Waals surface area contributed by atoms with Crippen molar-refractivity contribution in [3.8, 4) is 0 Å². The topological polar surface area (TPSA) is 84.9 Å². The highest BCUT2D eigenvalue weighted by molar-refractivity contribution is 5.87. The molecule has 2 aliphatic carbocycles. The van der Waals surface area contributed by atoms with Crippen LogP contribution in [0.15, 0.2) is 30.3 Å². The average Bonchev–Trinajstić information content (AvgIpc) is 3.28. The van der Waals surface area contributed by atoms with E-state index >= 15 is 0 Å². The van der Waals surface area contributed by atoms with Gasteiger partial charge in [-0.3, -0.25) is 19.7 Å². The van der Waals surface area contributed by atoms with E-state index in [-0.39, 0.29) is 31.1 Å². The minimum atomic E-state index is -0.643. The normalized spacial score (nSPS) is 23.0. The number of nitrogens with zero attached hydrogens (tertiary/aromatic N) is 1. The van der Waals surface area contributed by atoms with Gasteiger partial charge in [-0.25, -0.2) is 0 Å². The first kappa shape index (κ1) is 29.2. The summed E-state index contributed by atoms with van der Waals surface area (Å²) in [6.45, 7) is 9.27. The monoisotopic (exact) mass is 514 g/mol. The van der Waals surface area contributed by atoms with Gasteiger partial charge in [-0.2, -0.15) is 0 Å². The summed E-state index contributed by atoms with van der Waals surface area (Å²) < 4.78 is 10.9. The zero-order valence-electron chi connectivity index (χ0n) is 23.3. The number of nitrogens with one attached hydrogen (secondary N) is 1. The Bertz CT molecular complexity index is 883. The number of carbonyl (C=O) groups is 3. The first-order valence-electron chi connectivity index (χ1n) is 14.1. The van der Waals surface area contributed by atoms with E-state index in [0.717, 1.165) is 18.4 Å². The number of benzene rings is 1. The zero-order valence-corrected chi connectivity index (χ0v) is 23.3. The molecule has 37 heavy (non-hydrogen) atoms. The van der Waals surface area contributed by atoms with E-state index in [4.69, 9.17) is 9.47 Å². The number of carbonyl (C=O) groups excluding carboxylic acids is 3. The molecule has 2 aliphatic rings. The van der Waals surface area contributed by atoms with Crippen LogP contribution in [0.25, 0.3) is 0 Å². The van der Waals surface area contributed by atoms with Gasteiger partial charge in [0.05, 0.1) is 12.6 Å². The molecule has 206 valence electrons. The minimum Gasteiger partial charge on any atom is -0.465 e. The van der Waals surface area contributed by atoms with Gasteiger partial charge >= 0.3 is 11.9 Å². The number of hydrogen-bond acceptors (Lipinski definition) is 6.